The maximum atomic E-state index is 12.7. The topological polar surface area (TPSA) is 74.8 Å². The van der Waals surface area contributed by atoms with Crippen LogP contribution in [0.4, 0.5) is 5.13 Å². The van der Waals surface area contributed by atoms with E-state index in [0.29, 0.717) is 12.2 Å². The normalized spacial score (nSPS) is 20.1. The van der Waals surface area contributed by atoms with Crippen LogP contribution in [0.3, 0.4) is 0 Å². The molecule has 2 aliphatic rings. The van der Waals surface area contributed by atoms with Crippen molar-refractivity contribution in [3.63, 3.8) is 0 Å². The summed E-state index contributed by atoms with van der Waals surface area (Å²) in [7, 11) is 3.19. The van der Waals surface area contributed by atoms with Crippen LogP contribution in [0.2, 0.25) is 0 Å². The van der Waals surface area contributed by atoms with Gasteiger partial charge in [-0.05, 0) is 79.8 Å². The number of fused-ring (bicyclic) bond motifs is 2. The van der Waals surface area contributed by atoms with Crippen LogP contribution in [0.1, 0.15) is 46.8 Å². The minimum Gasteiger partial charge on any atom is -0.488 e. The number of hydrogen-bond donors (Lipinski definition) is 1. The van der Waals surface area contributed by atoms with Gasteiger partial charge in [0.05, 0.1) is 12.2 Å². The first-order valence-electron chi connectivity index (χ1n) is 13.7. The van der Waals surface area contributed by atoms with Gasteiger partial charge in [0, 0.05) is 43.7 Å². The summed E-state index contributed by atoms with van der Waals surface area (Å²) in [4.78, 5) is 33.4. The molecule has 1 N–H and O–H groups in total. The Hall–Kier alpha value is -3.39. The Labute approximate surface area is 235 Å². The number of hydrogen-bond acceptors (Lipinski definition) is 6. The van der Waals surface area contributed by atoms with E-state index in [1.54, 1.807) is 31.5 Å². The van der Waals surface area contributed by atoms with Gasteiger partial charge in [0.1, 0.15) is 12.4 Å². The number of thiazole rings is 1. The van der Waals surface area contributed by atoms with Crippen LogP contribution >= 0.6 is 11.3 Å². The van der Waals surface area contributed by atoms with Crippen molar-refractivity contribution in [3.05, 3.63) is 64.0 Å². The number of ether oxygens (including phenoxy) is 1. The van der Waals surface area contributed by atoms with Crippen molar-refractivity contribution in [2.75, 3.05) is 38.6 Å². The molecular formula is C31H38N4O3S. The molecular weight excluding hydrogens is 508 g/mol. The third kappa shape index (κ3) is 5.81. The van der Waals surface area contributed by atoms with Gasteiger partial charge in [-0.3, -0.25) is 9.59 Å². The third-order valence-electron chi connectivity index (χ3n) is 8.46. The van der Waals surface area contributed by atoms with Crippen LogP contribution in [0, 0.1) is 31.6 Å². The zero-order valence-corrected chi connectivity index (χ0v) is 24.3. The quantitative estimate of drug-likeness (QED) is 0.415. The highest BCUT2D eigenvalue weighted by atomic mass is 32.1. The average Bonchev–Trinajstić information content (AvgIpc) is 3.48. The van der Waals surface area contributed by atoms with Gasteiger partial charge in [0.2, 0.25) is 5.91 Å². The lowest BCUT2D eigenvalue weighted by molar-refractivity contribution is -0.121. The summed E-state index contributed by atoms with van der Waals surface area (Å²) in [5.41, 5.74) is 5.64. The summed E-state index contributed by atoms with van der Waals surface area (Å²) < 4.78 is 6.34. The number of benzene rings is 2. The summed E-state index contributed by atoms with van der Waals surface area (Å²) in [5.74, 6) is 2.81. The maximum Gasteiger partial charge on any atom is 0.254 e. The summed E-state index contributed by atoms with van der Waals surface area (Å²) in [5, 5.41) is 5.81. The van der Waals surface area contributed by atoms with E-state index in [9.17, 15) is 9.59 Å². The lowest BCUT2D eigenvalue weighted by atomic mass is 9.87. The predicted octanol–water partition coefficient (Wildman–Crippen LogP) is 5.31. The molecule has 1 saturated heterocycles. The molecule has 206 valence electrons. The Morgan fingerprint density at radius 3 is 2.56 bits per heavy atom. The molecule has 1 aromatic heterocycles. The van der Waals surface area contributed by atoms with Gasteiger partial charge in [-0.2, -0.15) is 0 Å². The predicted molar refractivity (Wildman–Crippen MR) is 156 cm³/mol. The molecule has 2 atom stereocenters. The number of aryl methyl sites for hydroxylation is 2. The highest BCUT2D eigenvalue weighted by Gasteiger charge is 2.39. The average molecular weight is 547 g/mol. The fourth-order valence-corrected chi connectivity index (χ4v) is 6.73. The zero-order chi connectivity index (χ0) is 27.7. The Balaban J connectivity index is 1.29. The number of nitrogens with zero attached hydrogens (tertiary/aromatic N) is 3. The van der Waals surface area contributed by atoms with Gasteiger partial charge in [-0.25, -0.2) is 4.98 Å². The molecule has 2 fully saturated rings. The Kier molecular flexibility index (Phi) is 7.93. The van der Waals surface area contributed by atoms with E-state index < -0.39 is 0 Å². The van der Waals surface area contributed by atoms with Crippen molar-refractivity contribution in [1.82, 2.24) is 15.2 Å². The molecule has 5 rings (SSSR count). The smallest absolute Gasteiger partial charge is 0.254 e. The first-order chi connectivity index (χ1) is 18.7. The summed E-state index contributed by atoms with van der Waals surface area (Å²) >= 11 is 1.73. The van der Waals surface area contributed by atoms with E-state index in [1.165, 1.54) is 17.7 Å². The molecule has 3 aromatic rings. The van der Waals surface area contributed by atoms with E-state index in [0.717, 1.165) is 69.7 Å². The van der Waals surface area contributed by atoms with Crippen molar-refractivity contribution in [2.45, 2.75) is 40.2 Å². The molecule has 2 aromatic carbocycles. The minimum atomic E-state index is -0.202. The van der Waals surface area contributed by atoms with E-state index in [-0.39, 0.29) is 18.4 Å². The largest absolute Gasteiger partial charge is 0.488 e. The molecule has 7 nitrogen and oxygen atoms in total. The van der Waals surface area contributed by atoms with Gasteiger partial charge in [0.15, 0.2) is 5.13 Å². The standard InChI is InChI=1S/C31H38N4O3S/c1-19-6-11-28(38-17-25-10-7-22(13-20(25)2)30(37)34(5)16-29(36)32-4)26(12-19)27-18-39-31(33-27)35-14-23-8-9-24(15-35)21(23)3/h6-7,10-13,18,21,23-24H,8-9,14-17H2,1-5H3,(H,32,36). The molecule has 2 unspecified atom stereocenters. The zero-order valence-electron chi connectivity index (χ0n) is 23.5. The van der Waals surface area contributed by atoms with Crippen LogP contribution in [0.25, 0.3) is 11.3 Å². The highest BCUT2D eigenvalue weighted by Crippen LogP contribution is 2.44. The molecule has 1 aliphatic carbocycles. The molecule has 39 heavy (non-hydrogen) atoms. The van der Waals surface area contributed by atoms with Crippen molar-refractivity contribution < 1.29 is 14.3 Å². The van der Waals surface area contributed by atoms with Crippen LogP contribution in [-0.2, 0) is 11.4 Å². The molecule has 2 bridgehead atoms. The van der Waals surface area contributed by atoms with Crippen molar-refractivity contribution >= 4 is 28.3 Å². The third-order valence-corrected chi connectivity index (χ3v) is 9.36. The molecule has 0 radical (unpaired) electrons. The number of anilines is 1. The molecule has 0 spiro atoms. The highest BCUT2D eigenvalue weighted by molar-refractivity contribution is 7.14. The van der Waals surface area contributed by atoms with Gasteiger partial charge in [-0.1, -0.05) is 24.6 Å². The van der Waals surface area contributed by atoms with Gasteiger partial charge in [0.25, 0.3) is 5.91 Å². The van der Waals surface area contributed by atoms with Gasteiger partial charge in [-0.15, -0.1) is 11.3 Å². The monoisotopic (exact) mass is 546 g/mol. The number of aromatic nitrogens is 1. The molecule has 8 heteroatoms. The van der Waals surface area contributed by atoms with Crippen LogP contribution in [0.5, 0.6) is 5.75 Å². The van der Waals surface area contributed by atoms with E-state index in [2.05, 4.69) is 41.6 Å². The summed E-state index contributed by atoms with van der Waals surface area (Å²) in [6.45, 7) is 9.11. The van der Waals surface area contributed by atoms with Crippen molar-refractivity contribution in [3.8, 4) is 17.0 Å². The van der Waals surface area contributed by atoms with Crippen molar-refractivity contribution in [1.29, 1.82) is 0 Å². The van der Waals surface area contributed by atoms with Gasteiger partial charge < -0.3 is 19.9 Å². The molecule has 2 amide bonds. The Morgan fingerprint density at radius 1 is 1.13 bits per heavy atom. The lowest BCUT2D eigenvalue weighted by Crippen LogP contribution is -2.40. The number of carbonyl (C=O) groups is 2. The second-order valence-corrected chi connectivity index (χ2v) is 12.0. The maximum absolute atomic E-state index is 12.7. The lowest BCUT2D eigenvalue weighted by Gasteiger charge is -2.36. The SMILES string of the molecule is CNC(=O)CN(C)C(=O)c1ccc(COc2ccc(C)cc2-c2csc(N3CC4CCC(C3)C4C)n2)c(C)c1. The fraction of sp³-hybridized carbons (Fsp3) is 0.452. The molecule has 1 saturated carbocycles. The number of rotatable bonds is 8. The van der Waals surface area contributed by atoms with E-state index >= 15 is 0 Å². The van der Waals surface area contributed by atoms with Crippen LogP contribution in [0.15, 0.2) is 41.8 Å². The van der Waals surface area contributed by atoms with Crippen molar-refractivity contribution in [2.24, 2.45) is 17.8 Å². The number of likely N-dealkylation sites (N-methyl/N-ethyl adjacent to an activating group) is 2. The molecule has 2 heterocycles. The van der Waals surface area contributed by atoms with E-state index in [1.807, 2.05) is 25.1 Å². The summed E-state index contributed by atoms with van der Waals surface area (Å²) in [6.07, 6.45) is 2.69. The molecule has 1 aliphatic heterocycles. The van der Waals surface area contributed by atoms with E-state index in [4.69, 9.17) is 9.72 Å². The first-order valence-corrected chi connectivity index (χ1v) is 14.6. The number of piperidine rings is 1. The van der Waals surface area contributed by atoms with Gasteiger partial charge >= 0.3 is 0 Å². The minimum absolute atomic E-state index is 0.0197. The second-order valence-electron chi connectivity index (χ2n) is 11.1. The number of nitrogens with one attached hydrogen (secondary N) is 1. The Bertz CT molecular complexity index is 1360. The number of amides is 2. The fourth-order valence-electron chi connectivity index (χ4n) is 5.89. The first kappa shape index (κ1) is 27.2. The number of carbonyl (C=O) groups excluding carboxylic acids is 2. The van der Waals surface area contributed by atoms with Crippen LogP contribution in [-0.4, -0.2) is 55.4 Å². The second kappa shape index (κ2) is 11.4. The Morgan fingerprint density at radius 2 is 1.87 bits per heavy atom. The summed E-state index contributed by atoms with van der Waals surface area (Å²) in [6, 6.07) is 11.8. The van der Waals surface area contributed by atoms with Crippen LogP contribution < -0.4 is 15.0 Å².